The molecule has 0 aliphatic carbocycles. The SMILES string of the molecule is COc1cc(N2CCc3nc(NC(=O)NCCCl)sc3C2)cnc1OC. The van der Waals surface area contributed by atoms with E-state index in [4.69, 9.17) is 21.1 Å². The molecule has 2 amide bonds. The zero-order chi connectivity index (χ0) is 18.5. The zero-order valence-corrected chi connectivity index (χ0v) is 16.1. The Morgan fingerprint density at radius 3 is 3.00 bits per heavy atom. The number of rotatable bonds is 6. The first-order valence-electron chi connectivity index (χ1n) is 8.07. The highest BCUT2D eigenvalue weighted by atomic mass is 35.5. The summed E-state index contributed by atoms with van der Waals surface area (Å²) in [7, 11) is 3.15. The van der Waals surface area contributed by atoms with Gasteiger partial charge in [0.25, 0.3) is 5.88 Å². The number of amides is 2. The van der Waals surface area contributed by atoms with E-state index in [1.54, 1.807) is 20.4 Å². The molecule has 1 aliphatic heterocycles. The van der Waals surface area contributed by atoms with Gasteiger partial charge >= 0.3 is 6.03 Å². The fourth-order valence-electron chi connectivity index (χ4n) is 2.67. The molecule has 0 spiro atoms. The minimum Gasteiger partial charge on any atom is -0.491 e. The summed E-state index contributed by atoms with van der Waals surface area (Å²) in [6, 6.07) is 1.62. The fourth-order valence-corrected chi connectivity index (χ4v) is 3.78. The average molecular weight is 398 g/mol. The molecule has 3 rings (SSSR count). The first kappa shape index (κ1) is 18.5. The second-order valence-electron chi connectivity index (χ2n) is 5.54. The smallest absolute Gasteiger partial charge is 0.321 e. The van der Waals surface area contributed by atoms with Crippen LogP contribution in [0.2, 0.25) is 0 Å². The summed E-state index contributed by atoms with van der Waals surface area (Å²) in [6.07, 6.45) is 2.57. The van der Waals surface area contributed by atoms with Crippen LogP contribution in [0.25, 0.3) is 0 Å². The Morgan fingerprint density at radius 2 is 2.27 bits per heavy atom. The van der Waals surface area contributed by atoms with Gasteiger partial charge in [0.05, 0.1) is 38.3 Å². The molecule has 0 atom stereocenters. The van der Waals surface area contributed by atoms with E-state index in [1.165, 1.54) is 11.3 Å². The number of halogens is 1. The largest absolute Gasteiger partial charge is 0.491 e. The topological polar surface area (TPSA) is 88.6 Å². The molecule has 26 heavy (non-hydrogen) atoms. The van der Waals surface area contributed by atoms with Crippen LogP contribution in [-0.2, 0) is 13.0 Å². The molecule has 0 saturated carbocycles. The summed E-state index contributed by atoms with van der Waals surface area (Å²) >= 11 is 7.04. The minimum absolute atomic E-state index is 0.294. The van der Waals surface area contributed by atoms with E-state index in [0.717, 1.165) is 29.2 Å². The molecular weight excluding hydrogens is 378 g/mol. The molecule has 3 heterocycles. The highest BCUT2D eigenvalue weighted by Crippen LogP contribution is 2.33. The van der Waals surface area contributed by atoms with Crippen molar-refractivity contribution in [1.29, 1.82) is 0 Å². The molecule has 0 radical (unpaired) electrons. The predicted octanol–water partition coefficient (Wildman–Crippen LogP) is 2.48. The van der Waals surface area contributed by atoms with Gasteiger partial charge in [0.2, 0.25) is 0 Å². The number of hydrogen-bond donors (Lipinski definition) is 2. The Labute approximate surface area is 160 Å². The van der Waals surface area contributed by atoms with Crippen LogP contribution in [0.15, 0.2) is 12.3 Å². The third-order valence-corrected chi connectivity index (χ3v) is 5.10. The Morgan fingerprint density at radius 1 is 1.42 bits per heavy atom. The van der Waals surface area contributed by atoms with Crippen LogP contribution < -0.4 is 25.0 Å². The first-order chi connectivity index (χ1) is 12.6. The van der Waals surface area contributed by atoms with Gasteiger partial charge < -0.3 is 19.7 Å². The Kier molecular flexibility index (Phi) is 6.00. The maximum atomic E-state index is 11.7. The van der Waals surface area contributed by atoms with E-state index in [1.807, 2.05) is 6.07 Å². The van der Waals surface area contributed by atoms with Crippen LogP contribution in [0.1, 0.15) is 10.6 Å². The minimum atomic E-state index is -0.294. The summed E-state index contributed by atoms with van der Waals surface area (Å²) in [5.74, 6) is 1.43. The van der Waals surface area contributed by atoms with Gasteiger partial charge in [0, 0.05) is 36.3 Å². The van der Waals surface area contributed by atoms with E-state index >= 15 is 0 Å². The number of fused-ring (bicyclic) bond motifs is 1. The van der Waals surface area contributed by atoms with Crippen molar-refractivity contribution >= 4 is 39.8 Å². The van der Waals surface area contributed by atoms with Crippen molar-refractivity contribution in [2.75, 3.05) is 43.4 Å². The van der Waals surface area contributed by atoms with Crippen LogP contribution in [0, 0.1) is 0 Å². The lowest BCUT2D eigenvalue weighted by molar-refractivity contribution is 0.252. The number of pyridine rings is 1. The number of methoxy groups -OCH3 is 2. The normalized spacial score (nSPS) is 13.1. The molecule has 0 fully saturated rings. The highest BCUT2D eigenvalue weighted by Gasteiger charge is 2.22. The second kappa shape index (κ2) is 8.41. The summed E-state index contributed by atoms with van der Waals surface area (Å²) in [5, 5.41) is 6.00. The van der Waals surface area contributed by atoms with Crippen molar-refractivity contribution in [3.8, 4) is 11.6 Å². The molecule has 0 aromatic carbocycles. The van der Waals surface area contributed by atoms with Crippen molar-refractivity contribution in [1.82, 2.24) is 15.3 Å². The number of ether oxygens (including phenoxy) is 2. The number of hydrogen-bond acceptors (Lipinski definition) is 7. The number of nitrogens with one attached hydrogen (secondary N) is 2. The van der Waals surface area contributed by atoms with Gasteiger partial charge in [-0.1, -0.05) is 11.3 Å². The molecule has 0 bridgehead atoms. The number of carbonyl (C=O) groups is 1. The van der Waals surface area contributed by atoms with E-state index in [9.17, 15) is 4.79 Å². The summed E-state index contributed by atoms with van der Waals surface area (Å²) in [5.41, 5.74) is 1.98. The average Bonchev–Trinajstić information content (AvgIpc) is 3.06. The van der Waals surface area contributed by atoms with Crippen LogP contribution in [0.3, 0.4) is 0 Å². The van der Waals surface area contributed by atoms with Crippen molar-refractivity contribution in [2.24, 2.45) is 0 Å². The van der Waals surface area contributed by atoms with E-state index in [-0.39, 0.29) is 6.03 Å². The number of aromatic nitrogens is 2. The summed E-state index contributed by atoms with van der Waals surface area (Å²) in [6.45, 7) is 1.93. The molecular formula is C16H20ClN5O3S. The zero-order valence-electron chi connectivity index (χ0n) is 14.5. The molecule has 1 aliphatic rings. The van der Waals surface area contributed by atoms with Crippen molar-refractivity contribution < 1.29 is 14.3 Å². The van der Waals surface area contributed by atoms with Crippen molar-refractivity contribution in [2.45, 2.75) is 13.0 Å². The molecule has 140 valence electrons. The van der Waals surface area contributed by atoms with Crippen LogP contribution in [-0.4, -0.2) is 49.2 Å². The third-order valence-electron chi connectivity index (χ3n) is 3.91. The first-order valence-corrected chi connectivity index (χ1v) is 9.42. The number of thiazole rings is 1. The number of carbonyl (C=O) groups excluding carboxylic acids is 1. The maximum Gasteiger partial charge on any atom is 0.321 e. The molecule has 0 saturated heterocycles. The van der Waals surface area contributed by atoms with Gasteiger partial charge in [-0.2, -0.15) is 0 Å². The Hall–Kier alpha value is -2.26. The molecule has 2 aromatic rings. The van der Waals surface area contributed by atoms with Gasteiger partial charge in [-0.05, 0) is 0 Å². The fraction of sp³-hybridized carbons (Fsp3) is 0.438. The lowest BCUT2D eigenvalue weighted by Gasteiger charge is -2.28. The van der Waals surface area contributed by atoms with E-state index < -0.39 is 0 Å². The van der Waals surface area contributed by atoms with Gasteiger partial charge in [-0.15, -0.1) is 11.6 Å². The van der Waals surface area contributed by atoms with Gasteiger partial charge in [-0.3, -0.25) is 5.32 Å². The molecule has 10 heteroatoms. The van der Waals surface area contributed by atoms with Gasteiger partial charge in [-0.25, -0.2) is 14.8 Å². The lowest BCUT2D eigenvalue weighted by Crippen LogP contribution is -2.30. The predicted molar refractivity (Wildman–Crippen MR) is 102 cm³/mol. The number of alkyl halides is 1. The van der Waals surface area contributed by atoms with Crippen molar-refractivity contribution in [3.63, 3.8) is 0 Å². The summed E-state index contributed by atoms with van der Waals surface area (Å²) < 4.78 is 10.5. The monoisotopic (exact) mass is 397 g/mol. The Bertz CT molecular complexity index is 785. The molecule has 8 nitrogen and oxygen atoms in total. The Balaban J connectivity index is 1.71. The number of urea groups is 1. The van der Waals surface area contributed by atoms with E-state index in [2.05, 4.69) is 25.5 Å². The second-order valence-corrected chi connectivity index (χ2v) is 7.00. The third kappa shape index (κ3) is 4.10. The van der Waals surface area contributed by atoms with Gasteiger partial charge in [0.1, 0.15) is 0 Å². The number of anilines is 2. The van der Waals surface area contributed by atoms with Crippen LogP contribution in [0.4, 0.5) is 15.6 Å². The van der Waals surface area contributed by atoms with Crippen LogP contribution >= 0.6 is 22.9 Å². The van der Waals surface area contributed by atoms with Crippen molar-refractivity contribution in [3.05, 3.63) is 22.8 Å². The maximum absolute atomic E-state index is 11.7. The van der Waals surface area contributed by atoms with Gasteiger partial charge in [0.15, 0.2) is 10.9 Å². The lowest BCUT2D eigenvalue weighted by atomic mass is 10.1. The van der Waals surface area contributed by atoms with Crippen LogP contribution in [0.5, 0.6) is 11.6 Å². The molecule has 2 N–H and O–H groups in total. The van der Waals surface area contributed by atoms with E-state index in [0.29, 0.717) is 35.7 Å². The summed E-state index contributed by atoms with van der Waals surface area (Å²) in [4.78, 5) is 23.9. The standard InChI is InChI=1S/C16H20ClN5O3S/c1-24-12-7-10(8-19-14(12)25-2)22-6-3-11-13(9-22)26-16(20-11)21-15(23)18-5-4-17/h7-8H,3-6,9H2,1-2H3,(H2,18,20,21,23). The highest BCUT2D eigenvalue weighted by molar-refractivity contribution is 7.15. The molecule has 0 unspecified atom stereocenters. The quantitative estimate of drug-likeness (QED) is 0.728. The molecule has 2 aromatic heterocycles. The number of nitrogens with zero attached hydrogens (tertiary/aromatic N) is 3.